The SMILES string of the molecule is CCC(C)CN(C)c1cc(N)nc(C(C)(C)C)n1. The monoisotopic (exact) mass is 250 g/mol. The number of hydrogen-bond donors (Lipinski definition) is 1. The topological polar surface area (TPSA) is 55.0 Å². The highest BCUT2D eigenvalue weighted by Gasteiger charge is 2.19. The fourth-order valence-corrected chi connectivity index (χ4v) is 1.67. The van der Waals surface area contributed by atoms with Crippen LogP contribution in [0.1, 0.15) is 46.9 Å². The Labute approximate surface area is 111 Å². The molecule has 0 spiro atoms. The van der Waals surface area contributed by atoms with Gasteiger partial charge in [-0.2, -0.15) is 0 Å². The van der Waals surface area contributed by atoms with E-state index in [-0.39, 0.29) is 5.41 Å². The van der Waals surface area contributed by atoms with Gasteiger partial charge in [-0.25, -0.2) is 9.97 Å². The van der Waals surface area contributed by atoms with Crippen LogP contribution in [0, 0.1) is 5.92 Å². The second-order valence-corrected chi connectivity index (χ2v) is 6.12. The number of aromatic nitrogens is 2. The van der Waals surface area contributed by atoms with Gasteiger partial charge in [0.05, 0.1) is 0 Å². The van der Waals surface area contributed by atoms with Crippen LogP contribution in [0.3, 0.4) is 0 Å². The van der Waals surface area contributed by atoms with Gasteiger partial charge in [-0.3, -0.25) is 0 Å². The van der Waals surface area contributed by atoms with Crippen LogP contribution < -0.4 is 10.6 Å². The van der Waals surface area contributed by atoms with E-state index in [1.807, 2.05) is 6.07 Å². The molecule has 0 bridgehead atoms. The molecule has 1 unspecified atom stereocenters. The summed E-state index contributed by atoms with van der Waals surface area (Å²) in [4.78, 5) is 11.1. The van der Waals surface area contributed by atoms with E-state index in [2.05, 4.69) is 56.5 Å². The van der Waals surface area contributed by atoms with Gasteiger partial charge in [-0.05, 0) is 5.92 Å². The Morgan fingerprint density at radius 1 is 1.33 bits per heavy atom. The predicted molar refractivity (Wildman–Crippen MR) is 77.9 cm³/mol. The zero-order chi connectivity index (χ0) is 13.9. The summed E-state index contributed by atoms with van der Waals surface area (Å²) >= 11 is 0. The number of rotatable bonds is 4. The van der Waals surface area contributed by atoms with E-state index < -0.39 is 0 Å². The van der Waals surface area contributed by atoms with Gasteiger partial charge >= 0.3 is 0 Å². The summed E-state index contributed by atoms with van der Waals surface area (Å²) in [6.45, 7) is 11.7. The zero-order valence-corrected chi connectivity index (χ0v) is 12.5. The third-order valence-corrected chi connectivity index (χ3v) is 3.08. The molecule has 0 saturated heterocycles. The maximum absolute atomic E-state index is 5.88. The van der Waals surface area contributed by atoms with Crippen molar-refractivity contribution in [1.82, 2.24) is 9.97 Å². The molecule has 2 N–H and O–H groups in total. The molecule has 0 radical (unpaired) electrons. The van der Waals surface area contributed by atoms with Gasteiger partial charge in [0.15, 0.2) is 0 Å². The number of hydrogen-bond acceptors (Lipinski definition) is 4. The molecule has 1 heterocycles. The van der Waals surface area contributed by atoms with Crippen molar-refractivity contribution in [3.05, 3.63) is 11.9 Å². The van der Waals surface area contributed by atoms with Crippen molar-refractivity contribution in [1.29, 1.82) is 0 Å². The van der Waals surface area contributed by atoms with E-state index >= 15 is 0 Å². The van der Waals surface area contributed by atoms with Crippen LogP contribution in [0.4, 0.5) is 11.6 Å². The van der Waals surface area contributed by atoms with Gasteiger partial charge in [-0.1, -0.05) is 41.0 Å². The minimum atomic E-state index is -0.0820. The summed E-state index contributed by atoms with van der Waals surface area (Å²) in [5, 5.41) is 0. The molecule has 4 heteroatoms. The minimum absolute atomic E-state index is 0.0820. The summed E-state index contributed by atoms with van der Waals surface area (Å²) in [6.07, 6.45) is 1.16. The van der Waals surface area contributed by atoms with Crippen molar-refractivity contribution in [3.8, 4) is 0 Å². The van der Waals surface area contributed by atoms with Crippen LogP contribution >= 0.6 is 0 Å². The van der Waals surface area contributed by atoms with Crippen LogP contribution in [0.15, 0.2) is 6.07 Å². The molecule has 0 aliphatic carbocycles. The standard InChI is InChI=1S/C14H26N4/c1-7-10(2)9-18(6)12-8-11(15)16-13(17-12)14(3,4)5/h8,10H,7,9H2,1-6H3,(H2,15,16,17). The van der Waals surface area contributed by atoms with Crippen molar-refractivity contribution in [2.45, 2.75) is 46.5 Å². The van der Waals surface area contributed by atoms with Gasteiger partial charge < -0.3 is 10.6 Å². The molecular weight excluding hydrogens is 224 g/mol. The highest BCUT2D eigenvalue weighted by atomic mass is 15.2. The first-order chi connectivity index (χ1) is 8.24. The molecule has 4 nitrogen and oxygen atoms in total. The third-order valence-electron chi connectivity index (χ3n) is 3.08. The molecule has 1 rings (SSSR count). The molecular formula is C14H26N4. The largest absolute Gasteiger partial charge is 0.384 e. The molecule has 0 aromatic carbocycles. The van der Waals surface area contributed by atoms with Crippen molar-refractivity contribution < 1.29 is 0 Å². The molecule has 1 aromatic heterocycles. The second-order valence-electron chi connectivity index (χ2n) is 6.12. The number of anilines is 2. The zero-order valence-electron chi connectivity index (χ0n) is 12.5. The Kier molecular flexibility index (Phi) is 4.54. The molecule has 0 amide bonds. The first-order valence-electron chi connectivity index (χ1n) is 6.60. The average Bonchev–Trinajstić information content (AvgIpc) is 2.26. The number of nitrogen functional groups attached to an aromatic ring is 1. The summed E-state index contributed by atoms with van der Waals surface area (Å²) in [5.74, 6) is 2.89. The Balaban J connectivity index is 2.99. The first kappa shape index (κ1) is 14.7. The van der Waals surface area contributed by atoms with E-state index in [4.69, 9.17) is 5.73 Å². The third kappa shape index (κ3) is 3.86. The van der Waals surface area contributed by atoms with Gasteiger partial charge in [0.2, 0.25) is 0 Å². The van der Waals surface area contributed by atoms with Crippen molar-refractivity contribution in [2.75, 3.05) is 24.2 Å². The molecule has 18 heavy (non-hydrogen) atoms. The molecule has 1 aromatic rings. The summed E-state index contributed by atoms with van der Waals surface area (Å²) in [5.41, 5.74) is 5.80. The quantitative estimate of drug-likeness (QED) is 0.892. The molecule has 0 aliphatic heterocycles. The Morgan fingerprint density at radius 3 is 2.44 bits per heavy atom. The van der Waals surface area contributed by atoms with Crippen molar-refractivity contribution in [3.63, 3.8) is 0 Å². The Hall–Kier alpha value is -1.32. The fraction of sp³-hybridized carbons (Fsp3) is 0.714. The van der Waals surface area contributed by atoms with E-state index in [9.17, 15) is 0 Å². The summed E-state index contributed by atoms with van der Waals surface area (Å²) in [7, 11) is 2.06. The van der Waals surface area contributed by atoms with E-state index in [1.54, 1.807) is 0 Å². The lowest BCUT2D eigenvalue weighted by Gasteiger charge is -2.24. The Morgan fingerprint density at radius 2 is 1.94 bits per heavy atom. The van der Waals surface area contributed by atoms with Crippen LogP contribution in [0.5, 0.6) is 0 Å². The first-order valence-corrected chi connectivity index (χ1v) is 6.60. The molecule has 102 valence electrons. The van der Waals surface area contributed by atoms with Crippen LogP contribution in [-0.4, -0.2) is 23.6 Å². The predicted octanol–water partition coefficient (Wildman–Crippen LogP) is 2.84. The lowest BCUT2D eigenvalue weighted by Crippen LogP contribution is -2.26. The van der Waals surface area contributed by atoms with Gasteiger partial charge in [0, 0.05) is 25.1 Å². The summed E-state index contributed by atoms with van der Waals surface area (Å²) < 4.78 is 0. The molecule has 1 atom stereocenters. The molecule has 0 fully saturated rings. The summed E-state index contributed by atoms with van der Waals surface area (Å²) in [6, 6.07) is 1.84. The lowest BCUT2D eigenvalue weighted by atomic mass is 9.96. The smallest absolute Gasteiger partial charge is 0.138 e. The van der Waals surface area contributed by atoms with Gasteiger partial charge in [0.1, 0.15) is 17.5 Å². The van der Waals surface area contributed by atoms with Gasteiger partial charge in [0.25, 0.3) is 0 Å². The van der Waals surface area contributed by atoms with Crippen LogP contribution in [-0.2, 0) is 5.41 Å². The maximum Gasteiger partial charge on any atom is 0.138 e. The molecule has 0 aliphatic rings. The second kappa shape index (κ2) is 5.55. The number of nitrogens with two attached hydrogens (primary N) is 1. The fourth-order valence-electron chi connectivity index (χ4n) is 1.67. The van der Waals surface area contributed by atoms with Crippen LogP contribution in [0.2, 0.25) is 0 Å². The maximum atomic E-state index is 5.88. The van der Waals surface area contributed by atoms with Crippen molar-refractivity contribution in [2.24, 2.45) is 5.92 Å². The lowest BCUT2D eigenvalue weighted by molar-refractivity contribution is 0.537. The Bertz CT molecular complexity index is 395. The molecule has 0 saturated carbocycles. The minimum Gasteiger partial charge on any atom is -0.384 e. The van der Waals surface area contributed by atoms with Gasteiger partial charge in [-0.15, -0.1) is 0 Å². The normalized spacial score (nSPS) is 13.4. The van der Waals surface area contributed by atoms with Crippen LogP contribution in [0.25, 0.3) is 0 Å². The highest BCUT2D eigenvalue weighted by Crippen LogP contribution is 2.23. The van der Waals surface area contributed by atoms with E-state index in [0.717, 1.165) is 24.6 Å². The average molecular weight is 250 g/mol. The highest BCUT2D eigenvalue weighted by molar-refractivity contribution is 5.47. The van der Waals surface area contributed by atoms with Crippen molar-refractivity contribution >= 4 is 11.6 Å². The number of nitrogens with zero attached hydrogens (tertiary/aromatic N) is 3. The van der Waals surface area contributed by atoms with E-state index in [1.165, 1.54) is 0 Å². The van der Waals surface area contributed by atoms with E-state index in [0.29, 0.717) is 11.7 Å².